The first-order valence-electron chi connectivity index (χ1n) is 5.15. The third-order valence-corrected chi connectivity index (χ3v) is 3.02. The number of hydrogen-bond donors (Lipinski definition) is 1. The lowest BCUT2D eigenvalue weighted by Crippen LogP contribution is -2.40. The van der Waals surface area contributed by atoms with Crippen LogP contribution >= 0.6 is 15.9 Å². The molecule has 1 N–H and O–H groups in total. The second-order valence-corrected chi connectivity index (χ2v) is 5.33. The molecular weight excluding hydrogens is 286 g/mol. The number of pyridine rings is 1. The summed E-state index contributed by atoms with van der Waals surface area (Å²) in [5.74, 6) is -0.229. The topological polar surface area (TPSA) is 62.3 Å². The van der Waals surface area contributed by atoms with E-state index < -0.39 is 5.54 Å². The summed E-state index contributed by atoms with van der Waals surface area (Å²) in [5, 5.41) is 2.63. The molecule has 2 heterocycles. The van der Waals surface area contributed by atoms with Gasteiger partial charge in [-0.2, -0.15) is 0 Å². The number of hydrogen-bond acceptors (Lipinski definition) is 3. The van der Waals surface area contributed by atoms with Crippen LogP contribution in [0, 0.1) is 0 Å². The summed E-state index contributed by atoms with van der Waals surface area (Å²) in [5.41, 5.74) is -0.152. The Hall–Kier alpha value is -1.43. The fourth-order valence-electron chi connectivity index (χ4n) is 1.62. The molecular formula is C11H12BrN3O2. The molecule has 3 amide bonds. The molecule has 0 aromatic carbocycles. The largest absolute Gasteiger partial charge is 0.325 e. The van der Waals surface area contributed by atoms with Gasteiger partial charge >= 0.3 is 6.03 Å². The van der Waals surface area contributed by atoms with Crippen molar-refractivity contribution in [3.8, 4) is 0 Å². The molecule has 0 spiro atoms. The molecule has 1 fully saturated rings. The lowest BCUT2D eigenvalue weighted by Gasteiger charge is -2.15. The number of halogens is 1. The molecule has 2 rings (SSSR count). The van der Waals surface area contributed by atoms with Crippen molar-refractivity contribution in [3.05, 3.63) is 28.5 Å². The van der Waals surface area contributed by atoms with Crippen LogP contribution in [0.1, 0.15) is 19.5 Å². The van der Waals surface area contributed by atoms with Gasteiger partial charge in [-0.25, -0.2) is 4.79 Å². The number of amides is 3. The van der Waals surface area contributed by atoms with E-state index >= 15 is 0 Å². The maximum absolute atomic E-state index is 11.9. The number of rotatable bonds is 2. The Labute approximate surface area is 107 Å². The van der Waals surface area contributed by atoms with Gasteiger partial charge in [-0.1, -0.05) is 0 Å². The van der Waals surface area contributed by atoms with Crippen LogP contribution in [0.4, 0.5) is 4.79 Å². The van der Waals surface area contributed by atoms with E-state index in [-0.39, 0.29) is 18.5 Å². The van der Waals surface area contributed by atoms with Crippen molar-refractivity contribution in [1.82, 2.24) is 15.2 Å². The average molecular weight is 298 g/mol. The molecule has 1 aromatic rings. The fraction of sp³-hybridized carbons (Fsp3) is 0.364. The predicted molar refractivity (Wildman–Crippen MR) is 65.1 cm³/mol. The number of aromatic nitrogens is 1. The smallest absolute Gasteiger partial charge is 0.324 e. The zero-order valence-corrected chi connectivity index (χ0v) is 11.1. The van der Waals surface area contributed by atoms with Gasteiger partial charge in [0.05, 0.1) is 12.2 Å². The van der Waals surface area contributed by atoms with Crippen molar-refractivity contribution in [2.75, 3.05) is 0 Å². The van der Waals surface area contributed by atoms with Crippen molar-refractivity contribution >= 4 is 27.9 Å². The zero-order valence-electron chi connectivity index (χ0n) is 9.53. The highest BCUT2D eigenvalue weighted by Crippen LogP contribution is 2.19. The average Bonchev–Trinajstić information content (AvgIpc) is 2.44. The molecule has 0 unspecified atom stereocenters. The number of nitrogens with one attached hydrogen (secondary N) is 1. The van der Waals surface area contributed by atoms with E-state index in [1.165, 1.54) is 4.90 Å². The lowest BCUT2D eigenvalue weighted by molar-refractivity contribution is -0.130. The molecule has 0 aliphatic carbocycles. The SMILES string of the molecule is CC1(C)NC(=O)N(Cc2ccc(Br)cn2)C1=O. The van der Waals surface area contributed by atoms with Crippen LogP contribution in [0.25, 0.3) is 0 Å². The summed E-state index contributed by atoms with van der Waals surface area (Å²) in [6.45, 7) is 3.56. The van der Waals surface area contributed by atoms with E-state index in [1.807, 2.05) is 6.07 Å². The molecule has 90 valence electrons. The monoisotopic (exact) mass is 297 g/mol. The van der Waals surface area contributed by atoms with E-state index in [0.29, 0.717) is 5.69 Å². The molecule has 0 radical (unpaired) electrons. The maximum atomic E-state index is 11.9. The van der Waals surface area contributed by atoms with Gasteiger partial charge < -0.3 is 5.32 Å². The van der Waals surface area contributed by atoms with Crippen molar-refractivity contribution in [2.45, 2.75) is 25.9 Å². The number of imide groups is 1. The third kappa shape index (κ3) is 2.31. The van der Waals surface area contributed by atoms with Crippen LogP contribution in [0.15, 0.2) is 22.8 Å². The number of nitrogens with zero attached hydrogens (tertiary/aromatic N) is 2. The molecule has 1 aliphatic heterocycles. The van der Waals surface area contributed by atoms with Gasteiger partial charge in [0, 0.05) is 10.7 Å². The Morgan fingerprint density at radius 1 is 1.41 bits per heavy atom. The Bertz CT molecular complexity index is 470. The van der Waals surface area contributed by atoms with Gasteiger partial charge in [-0.15, -0.1) is 0 Å². The number of urea groups is 1. The van der Waals surface area contributed by atoms with Gasteiger partial charge in [-0.3, -0.25) is 14.7 Å². The van der Waals surface area contributed by atoms with Crippen molar-refractivity contribution in [1.29, 1.82) is 0 Å². The number of carbonyl (C=O) groups excluding carboxylic acids is 2. The van der Waals surface area contributed by atoms with Gasteiger partial charge in [0.1, 0.15) is 5.54 Å². The highest BCUT2D eigenvalue weighted by Gasteiger charge is 2.44. The Balaban J connectivity index is 2.17. The first-order valence-corrected chi connectivity index (χ1v) is 5.94. The van der Waals surface area contributed by atoms with E-state index in [2.05, 4.69) is 26.2 Å². The number of carbonyl (C=O) groups is 2. The molecule has 5 nitrogen and oxygen atoms in total. The molecule has 6 heteroatoms. The van der Waals surface area contributed by atoms with Crippen molar-refractivity contribution in [3.63, 3.8) is 0 Å². The Morgan fingerprint density at radius 3 is 2.59 bits per heavy atom. The zero-order chi connectivity index (χ0) is 12.6. The lowest BCUT2D eigenvalue weighted by atomic mass is 10.1. The minimum atomic E-state index is -0.827. The van der Waals surface area contributed by atoms with E-state index in [0.717, 1.165) is 4.47 Å². The molecule has 1 aliphatic rings. The Morgan fingerprint density at radius 2 is 2.12 bits per heavy atom. The van der Waals surface area contributed by atoms with Crippen LogP contribution in [-0.4, -0.2) is 27.4 Å². The van der Waals surface area contributed by atoms with E-state index in [9.17, 15) is 9.59 Å². The van der Waals surface area contributed by atoms with E-state index in [1.54, 1.807) is 26.1 Å². The van der Waals surface area contributed by atoms with E-state index in [4.69, 9.17) is 0 Å². The summed E-state index contributed by atoms with van der Waals surface area (Å²) >= 11 is 3.28. The second kappa shape index (κ2) is 4.10. The van der Waals surface area contributed by atoms with Crippen LogP contribution in [0.5, 0.6) is 0 Å². The minimum absolute atomic E-state index is 0.196. The molecule has 0 saturated carbocycles. The normalized spacial score (nSPS) is 18.4. The second-order valence-electron chi connectivity index (χ2n) is 4.41. The summed E-state index contributed by atoms with van der Waals surface area (Å²) in [6, 6.07) is 3.23. The first kappa shape index (κ1) is 12.0. The first-order chi connectivity index (χ1) is 7.90. The van der Waals surface area contributed by atoms with Gasteiger partial charge in [0.25, 0.3) is 5.91 Å². The van der Waals surface area contributed by atoms with Crippen LogP contribution in [0.2, 0.25) is 0 Å². The highest BCUT2D eigenvalue weighted by atomic mass is 79.9. The highest BCUT2D eigenvalue weighted by molar-refractivity contribution is 9.10. The summed E-state index contributed by atoms with van der Waals surface area (Å²) in [4.78, 5) is 28.9. The predicted octanol–water partition coefficient (Wildman–Crippen LogP) is 1.67. The molecule has 1 saturated heterocycles. The minimum Gasteiger partial charge on any atom is -0.324 e. The molecule has 0 bridgehead atoms. The van der Waals surface area contributed by atoms with Crippen molar-refractivity contribution in [2.24, 2.45) is 0 Å². The van der Waals surface area contributed by atoms with Gasteiger partial charge in [0.2, 0.25) is 0 Å². The van der Waals surface area contributed by atoms with Gasteiger partial charge in [0.15, 0.2) is 0 Å². The molecule has 17 heavy (non-hydrogen) atoms. The quantitative estimate of drug-likeness (QED) is 0.845. The summed E-state index contributed by atoms with van der Waals surface area (Å²) < 4.78 is 0.860. The summed E-state index contributed by atoms with van der Waals surface area (Å²) in [7, 11) is 0. The third-order valence-electron chi connectivity index (χ3n) is 2.55. The standard InChI is InChI=1S/C11H12BrN3O2/c1-11(2)9(16)15(10(17)14-11)6-8-4-3-7(12)5-13-8/h3-5H,6H2,1-2H3,(H,14,17). The van der Waals surface area contributed by atoms with Crippen LogP contribution in [-0.2, 0) is 11.3 Å². The summed E-state index contributed by atoms with van der Waals surface area (Å²) in [6.07, 6.45) is 1.64. The Kier molecular flexibility index (Phi) is 2.91. The van der Waals surface area contributed by atoms with Crippen molar-refractivity contribution < 1.29 is 9.59 Å². The van der Waals surface area contributed by atoms with Gasteiger partial charge in [-0.05, 0) is 41.9 Å². The maximum Gasteiger partial charge on any atom is 0.325 e. The fourth-order valence-corrected chi connectivity index (χ4v) is 1.86. The van der Waals surface area contributed by atoms with Crippen LogP contribution < -0.4 is 5.32 Å². The molecule has 1 aromatic heterocycles. The molecule has 0 atom stereocenters. The van der Waals surface area contributed by atoms with Crippen LogP contribution in [0.3, 0.4) is 0 Å².